The van der Waals surface area contributed by atoms with Crippen molar-refractivity contribution in [2.24, 2.45) is 11.8 Å². The van der Waals surface area contributed by atoms with Crippen molar-refractivity contribution in [3.05, 3.63) is 21.1 Å². The minimum absolute atomic E-state index is 0.477. The highest BCUT2D eigenvalue weighted by atomic mass is 35.5. The lowest BCUT2D eigenvalue weighted by Crippen LogP contribution is -2.36. The smallest absolute Gasteiger partial charge is 0.411 e. The molecule has 0 bridgehead atoms. The normalized spacial score (nSPS) is 22.5. The highest BCUT2D eigenvalue weighted by molar-refractivity contribution is 7.94. The maximum absolute atomic E-state index is 12.2. The van der Waals surface area contributed by atoms with Gasteiger partial charge in [0, 0.05) is 23.7 Å². The molecule has 0 saturated carbocycles. The Hall–Kier alpha value is -1.14. The van der Waals surface area contributed by atoms with Crippen molar-refractivity contribution in [1.29, 1.82) is 0 Å². The zero-order valence-electron chi connectivity index (χ0n) is 12.9. The molecule has 0 amide bonds. The lowest BCUT2D eigenvalue weighted by Gasteiger charge is -2.33. The van der Waals surface area contributed by atoms with E-state index in [0.29, 0.717) is 0 Å². The van der Waals surface area contributed by atoms with Crippen LogP contribution < -0.4 is 0 Å². The van der Waals surface area contributed by atoms with E-state index < -0.39 is 81.3 Å². The van der Waals surface area contributed by atoms with E-state index >= 15 is 0 Å². The Morgan fingerprint density at radius 1 is 1.24 bits per heavy atom. The molecule has 1 rings (SSSR count). The van der Waals surface area contributed by atoms with Gasteiger partial charge in [0.05, 0.1) is 35.3 Å². The van der Waals surface area contributed by atoms with Gasteiger partial charge >= 0.3 is 12.1 Å². The van der Waals surface area contributed by atoms with Gasteiger partial charge in [0.25, 0.3) is 0 Å². The number of aliphatic hydroxyl groups is 2. The van der Waals surface area contributed by atoms with Crippen molar-refractivity contribution in [1.82, 2.24) is 0 Å². The van der Waals surface area contributed by atoms with E-state index in [2.05, 4.69) is 4.74 Å². The quantitative estimate of drug-likeness (QED) is 0.566. The van der Waals surface area contributed by atoms with Crippen molar-refractivity contribution in [2.45, 2.75) is 6.18 Å². The molecule has 0 aromatic heterocycles. The third-order valence-corrected chi connectivity index (χ3v) is 5.31. The van der Waals surface area contributed by atoms with Crippen LogP contribution >= 0.6 is 11.6 Å². The second kappa shape index (κ2) is 8.04. The number of aliphatic carboxylic acids is 1. The number of alkyl halides is 3. The average molecular weight is 409 g/mol. The first-order chi connectivity index (χ1) is 11.3. The number of rotatable bonds is 7. The van der Waals surface area contributed by atoms with Crippen LogP contribution in [0.1, 0.15) is 0 Å². The van der Waals surface area contributed by atoms with Crippen molar-refractivity contribution < 1.29 is 46.4 Å². The summed E-state index contributed by atoms with van der Waals surface area (Å²) >= 11 is 5.91. The summed E-state index contributed by atoms with van der Waals surface area (Å²) in [6, 6.07) is 0. The van der Waals surface area contributed by atoms with Crippen LogP contribution in [-0.4, -0.2) is 68.6 Å². The van der Waals surface area contributed by atoms with E-state index in [1.165, 1.54) is 0 Å². The van der Waals surface area contributed by atoms with Crippen LogP contribution in [0.15, 0.2) is 21.1 Å². The molecule has 1 aliphatic rings. The lowest BCUT2D eigenvalue weighted by molar-refractivity contribution is -0.171. The largest absolute Gasteiger partial charge is 0.478 e. The number of hydrogen-bond donors (Lipinski definition) is 3. The van der Waals surface area contributed by atoms with Crippen LogP contribution in [0.25, 0.3) is 0 Å². The van der Waals surface area contributed by atoms with Gasteiger partial charge in [-0.3, -0.25) is 0 Å². The van der Waals surface area contributed by atoms with E-state index in [-0.39, 0.29) is 0 Å². The molecule has 0 saturated heterocycles. The zero-order chi connectivity index (χ0) is 19.6. The highest BCUT2D eigenvalue weighted by Gasteiger charge is 2.43. The summed E-state index contributed by atoms with van der Waals surface area (Å²) in [7, 11) is -4.09. The van der Waals surface area contributed by atoms with Crippen LogP contribution in [0.2, 0.25) is 0 Å². The number of ether oxygens (including phenoxy) is 1. The molecule has 2 atom stereocenters. The first-order valence-electron chi connectivity index (χ1n) is 6.77. The van der Waals surface area contributed by atoms with Gasteiger partial charge in [-0.2, -0.15) is 13.2 Å². The summed E-state index contributed by atoms with van der Waals surface area (Å²) in [5.74, 6) is -4.31. The molecule has 12 heteroatoms. The second-order valence-corrected chi connectivity index (χ2v) is 7.70. The standard InChI is InChI=1S/C13H16ClF3O7S/c1-25(22,23)11-7(3-19)6(2-18)9(12(20)21)10(14)8(11)4-24-5-13(15,16)17/h6-7,18-19H,2-5H2,1H3,(H,20,21). The van der Waals surface area contributed by atoms with Crippen molar-refractivity contribution in [3.63, 3.8) is 0 Å². The van der Waals surface area contributed by atoms with Gasteiger partial charge < -0.3 is 20.1 Å². The predicted molar refractivity (Wildman–Crippen MR) is 80.4 cm³/mol. The van der Waals surface area contributed by atoms with Crippen molar-refractivity contribution in [3.8, 4) is 0 Å². The highest BCUT2D eigenvalue weighted by Crippen LogP contribution is 2.42. The van der Waals surface area contributed by atoms with E-state index in [1.54, 1.807) is 0 Å². The fourth-order valence-electron chi connectivity index (χ4n) is 2.62. The number of carboxylic acid groups (broad SMARTS) is 1. The molecule has 3 N–H and O–H groups in total. The van der Waals surface area contributed by atoms with Crippen LogP contribution in [0, 0.1) is 11.8 Å². The van der Waals surface area contributed by atoms with Gasteiger partial charge in [-0.25, -0.2) is 13.2 Å². The SMILES string of the molecule is CS(=O)(=O)C1=C(COCC(F)(F)F)C(Cl)=C(C(=O)O)C(CO)C1CO. The molecule has 7 nitrogen and oxygen atoms in total. The van der Waals surface area contributed by atoms with Crippen molar-refractivity contribution in [2.75, 3.05) is 32.7 Å². The summed E-state index contributed by atoms with van der Waals surface area (Å²) in [5.41, 5.74) is -1.07. The molecular weight excluding hydrogens is 393 g/mol. The maximum Gasteiger partial charge on any atom is 0.411 e. The van der Waals surface area contributed by atoms with E-state index in [4.69, 9.17) is 11.6 Å². The van der Waals surface area contributed by atoms with Gasteiger partial charge in [0.1, 0.15) is 6.61 Å². The molecule has 1 aliphatic carbocycles. The lowest BCUT2D eigenvalue weighted by atomic mass is 9.80. The Labute approximate surface area is 146 Å². The number of carbonyl (C=O) groups is 1. The van der Waals surface area contributed by atoms with Crippen LogP contribution in [0.3, 0.4) is 0 Å². The third-order valence-electron chi connectivity index (χ3n) is 3.53. The molecule has 0 heterocycles. The fraction of sp³-hybridized carbons (Fsp3) is 0.615. The van der Waals surface area contributed by atoms with Crippen molar-refractivity contribution >= 4 is 27.4 Å². The van der Waals surface area contributed by atoms with Gasteiger partial charge in [-0.15, -0.1) is 0 Å². The Kier molecular flexibility index (Phi) is 7.04. The molecule has 144 valence electrons. The Balaban J connectivity index is 3.53. The molecule has 0 fully saturated rings. The summed E-state index contributed by atoms with van der Waals surface area (Å²) in [6.45, 7) is -4.32. The minimum Gasteiger partial charge on any atom is -0.478 e. The van der Waals surface area contributed by atoms with E-state index in [9.17, 15) is 41.7 Å². The maximum atomic E-state index is 12.2. The molecule has 0 aromatic carbocycles. The third kappa shape index (κ3) is 5.17. The van der Waals surface area contributed by atoms with Crippen LogP contribution in [0.4, 0.5) is 13.2 Å². The molecule has 0 aromatic rings. The Bertz CT molecular complexity index is 697. The first-order valence-corrected chi connectivity index (χ1v) is 9.04. The van der Waals surface area contributed by atoms with E-state index in [1.807, 2.05) is 0 Å². The number of halogens is 4. The Morgan fingerprint density at radius 2 is 1.76 bits per heavy atom. The number of hydrogen-bond acceptors (Lipinski definition) is 6. The van der Waals surface area contributed by atoms with Gasteiger partial charge in [-0.05, 0) is 0 Å². The summed E-state index contributed by atoms with van der Waals surface area (Å²) in [4.78, 5) is 10.9. The van der Waals surface area contributed by atoms with Gasteiger partial charge in [0.15, 0.2) is 9.84 Å². The fourth-order valence-corrected chi connectivity index (χ4v) is 4.46. The monoisotopic (exact) mass is 408 g/mol. The second-order valence-electron chi connectivity index (χ2n) is 5.33. The van der Waals surface area contributed by atoms with Crippen LogP contribution in [0.5, 0.6) is 0 Å². The topological polar surface area (TPSA) is 121 Å². The molecule has 25 heavy (non-hydrogen) atoms. The van der Waals surface area contributed by atoms with E-state index in [0.717, 1.165) is 6.26 Å². The predicted octanol–water partition coefficient (Wildman–Crippen LogP) is 0.672. The average Bonchev–Trinajstić information content (AvgIpc) is 2.44. The minimum atomic E-state index is -4.68. The number of carboxylic acids is 1. The molecule has 0 radical (unpaired) electrons. The summed E-state index contributed by atoms with van der Waals surface area (Å²) in [6.07, 6.45) is -3.95. The number of sulfone groups is 1. The van der Waals surface area contributed by atoms with Gasteiger partial charge in [-0.1, -0.05) is 11.6 Å². The molecule has 2 unspecified atom stereocenters. The zero-order valence-corrected chi connectivity index (χ0v) is 14.5. The first kappa shape index (κ1) is 21.9. The molecule has 0 aliphatic heterocycles. The van der Waals surface area contributed by atoms with Crippen LogP contribution in [-0.2, 0) is 19.4 Å². The molecule has 0 spiro atoms. The summed E-state index contributed by atoms with van der Waals surface area (Å²) in [5, 5.41) is 27.5. The Morgan fingerprint density at radius 3 is 2.12 bits per heavy atom. The number of aliphatic hydroxyl groups excluding tert-OH is 2. The molecular formula is C13H16ClF3O7S. The summed E-state index contributed by atoms with van der Waals surface area (Å²) < 4.78 is 65.2. The van der Waals surface area contributed by atoms with Gasteiger partial charge in [0.2, 0.25) is 0 Å².